The second kappa shape index (κ2) is 12.1. The molecule has 188 valence electrons. The number of hydrogen-bond acceptors (Lipinski definition) is 6. The van der Waals surface area contributed by atoms with E-state index in [0.717, 1.165) is 37.4 Å². The van der Waals surface area contributed by atoms with Crippen molar-refractivity contribution in [2.45, 2.75) is 6.61 Å². The average molecular weight is 525 g/mol. The summed E-state index contributed by atoms with van der Waals surface area (Å²) in [6, 6.07) is 20.4. The molecule has 1 amide bonds. The Morgan fingerprint density at radius 3 is 2.33 bits per heavy atom. The number of thiocarbonyl (C=S) groups is 1. The standard InChI is InChI=1S/C27H29ClN4O3S/c1-31-13-15-32(16-14-31)23-10-8-22(9-11-23)29-27(36)30-26(33)20-5-12-24(25(17-20)34-2)35-18-19-3-6-21(28)7-4-19/h3-12,17H,13-16,18H2,1-2H3,(H2,29,30,33,36). The number of carbonyl (C=O) groups is 1. The van der Waals surface area contributed by atoms with Crippen LogP contribution in [0.5, 0.6) is 11.5 Å². The maximum absolute atomic E-state index is 12.8. The zero-order valence-corrected chi connectivity index (χ0v) is 21.9. The first-order chi connectivity index (χ1) is 17.4. The van der Waals surface area contributed by atoms with Gasteiger partial charge in [0.15, 0.2) is 16.6 Å². The number of methoxy groups -OCH3 is 1. The molecule has 1 aliphatic heterocycles. The first-order valence-corrected chi connectivity index (χ1v) is 12.4. The molecular formula is C27H29ClN4O3S. The summed E-state index contributed by atoms with van der Waals surface area (Å²) in [5, 5.41) is 6.67. The zero-order chi connectivity index (χ0) is 25.5. The van der Waals surface area contributed by atoms with Crippen LogP contribution in [-0.4, -0.2) is 56.3 Å². The molecular weight excluding hydrogens is 496 g/mol. The second-order valence-corrected chi connectivity index (χ2v) is 9.37. The second-order valence-electron chi connectivity index (χ2n) is 8.53. The largest absolute Gasteiger partial charge is 0.493 e. The summed E-state index contributed by atoms with van der Waals surface area (Å²) < 4.78 is 11.3. The van der Waals surface area contributed by atoms with E-state index in [2.05, 4.69) is 39.6 Å². The lowest BCUT2D eigenvalue weighted by Crippen LogP contribution is -2.44. The molecule has 0 radical (unpaired) electrons. The van der Waals surface area contributed by atoms with Crippen LogP contribution in [0.25, 0.3) is 0 Å². The Balaban J connectivity index is 1.31. The van der Waals surface area contributed by atoms with Crippen LogP contribution in [0.15, 0.2) is 66.7 Å². The number of anilines is 2. The molecule has 1 aliphatic rings. The first-order valence-electron chi connectivity index (χ1n) is 11.6. The lowest BCUT2D eigenvalue weighted by atomic mass is 10.2. The molecule has 1 fully saturated rings. The van der Waals surface area contributed by atoms with E-state index in [4.69, 9.17) is 33.3 Å². The Labute approximate surface area is 221 Å². The summed E-state index contributed by atoms with van der Waals surface area (Å²) in [6.45, 7) is 4.46. The van der Waals surface area contributed by atoms with E-state index < -0.39 is 0 Å². The molecule has 2 N–H and O–H groups in total. The van der Waals surface area contributed by atoms with Crippen LogP contribution in [0.1, 0.15) is 15.9 Å². The molecule has 0 aliphatic carbocycles. The lowest BCUT2D eigenvalue weighted by molar-refractivity contribution is 0.0977. The topological polar surface area (TPSA) is 66.1 Å². The van der Waals surface area contributed by atoms with Crippen molar-refractivity contribution >= 4 is 46.2 Å². The van der Waals surface area contributed by atoms with Gasteiger partial charge in [-0.05, 0) is 79.4 Å². The molecule has 0 unspecified atom stereocenters. The molecule has 1 heterocycles. The molecule has 9 heteroatoms. The highest BCUT2D eigenvalue weighted by atomic mass is 35.5. The summed E-state index contributed by atoms with van der Waals surface area (Å²) >= 11 is 11.3. The number of carbonyl (C=O) groups excluding carboxylic acids is 1. The smallest absolute Gasteiger partial charge is 0.257 e. The monoisotopic (exact) mass is 524 g/mol. The zero-order valence-electron chi connectivity index (χ0n) is 20.3. The maximum atomic E-state index is 12.8. The van der Waals surface area contributed by atoms with Crippen molar-refractivity contribution in [1.82, 2.24) is 10.2 Å². The third-order valence-electron chi connectivity index (χ3n) is 5.95. The van der Waals surface area contributed by atoms with Gasteiger partial charge in [0.2, 0.25) is 0 Å². The molecule has 3 aromatic carbocycles. The summed E-state index contributed by atoms with van der Waals surface area (Å²) in [6.07, 6.45) is 0. The van der Waals surface area contributed by atoms with Crippen molar-refractivity contribution in [1.29, 1.82) is 0 Å². The van der Waals surface area contributed by atoms with Crippen molar-refractivity contribution < 1.29 is 14.3 Å². The minimum absolute atomic E-state index is 0.217. The number of nitrogens with zero attached hydrogens (tertiary/aromatic N) is 2. The number of benzene rings is 3. The molecule has 0 saturated carbocycles. The molecule has 3 aromatic rings. The molecule has 4 rings (SSSR count). The van der Waals surface area contributed by atoms with Crippen LogP contribution in [0.3, 0.4) is 0 Å². The van der Waals surface area contributed by atoms with Crippen molar-refractivity contribution in [2.24, 2.45) is 0 Å². The Hall–Kier alpha value is -3.33. The number of amides is 1. The average Bonchev–Trinajstić information content (AvgIpc) is 2.89. The Kier molecular flexibility index (Phi) is 8.64. The van der Waals surface area contributed by atoms with Crippen molar-refractivity contribution in [2.75, 3.05) is 50.6 Å². The minimum Gasteiger partial charge on any atom is -0.493 e. The van der Waals surface area contributed by atoms with Gasteiger partial charge in [-0.15, -0.1) is 0 Å². The van der Waals surface area contributed by atoms with Crippen LogP contribution >= 0.6 is 23.8 Å². The van der Waals surface area contributed by atoms with E-state index in [1.165, 1.54) is 12.8 Å². The third-order valence-corrected chi connectivity index (χ3v) is 6.41. The van der Waals surface area contributed by atoms with Crippen LogP contribution in [-0.2, 0) is 6.61 Å². The van der Waals surface area contributed by atoms with Gasteiger partial charge < -0.3 is 24.6 Å². The van der Waals surface area contributed by atoms with Crippen molar-refractivity contribution in [3.05, 3.63) is 82.9 Å². The number of hydrogen-bond donors (Lipinski definition) is 2. The molecule has 0 spiro atoms. The fraction of sp³-hybridized carbons (Fsp3) is 0.259. The first kappa shape index (κ1) is 25.8. The predicted molar refractivity (Wildman–Crippen MR) is 149 cm³/mol. The van der Waals surface area contributed by atoms with Gasteiger partial charge in [0, 0.05) is 48.1 Å². The predicted octanol–water partition coefficient (Wildman–Crippen LogP) is 4.81. The summed E-state index contributed by atoms with van der Waals surface area (Å²) in [5.74, 6) is 0.643. The highest BCUT2D eigenvalue weighted by Gasteiger charge is 2.15. The quantitative estimate of drug-likeness (QED) is 0.430. The van der Waals surface area contributed by atoms with Crippen LogP contribution in [0, 0.1) is 0 Å². The van der Waals surface area contributed by atoms with Crippen molar-refractivity contribution in [3.8, 4) is 11.5 Å². The molecule has 1 saturated heterocycles. The molecule has 0 bridgehead atoms. The Morgan fingerprint density at radius 1 is 0.972 bits per heavy atom. The number of likely N-dealkylation sites (N-methyl/N-ethyl adjacent to an activating group) is 1. The SMILES string of the molecule is COc1cc(C(=O)NC(=S)Nc2ccc(N3CCN(C)CC3)cc2)ccc1OCc1ccc(Cl)cc1. The van der Waals surface area contributed by atoms with Gasteiger partial charge in [0.1, 0.15) is 6.61 Å². The Morgan fingerprint density at radius 2 is 1.67 bits per heavy atom. The number of ether oxygens (including phenoxy) is 2. The van der Waals surface area contributed by atoms with Gasteiger partial charge in [-0.25, -0.2) is 0 Å². The third kappa shape index (κ3) is 6.87. The summed E-state index contributed by atoms with van der Waals surface area (Å²) in [7, 11) is 3.67. The van der Waals surface area contributed by atoms with E-state index >= 15 is 0 Å². The molecule has 0 atom stereocenters. The van der Waals surface area contributed by atoms with Gasteiger partial charge in [0.25, 0.3) is 5.91 Å². The lowest BCUT2D eigenvalue weighted by Gasteiger charge is -2.34. The number of halogens is 1. The van der Waals surface area contributed by atoms with E-state index in [0.29, 0.717) is 28.7 Å². The molecule has 36 heavy (non-hydrogen) atoms. The molecule has 7 nitrogen and oxygen atoms in total. The van der Waals surface area contributed by atoms with Crippen molar-refractivity contribution in [3.63, 3.8) is 0 Å². The molecule has 0 aromatic heterocycles. The number of piperazine rings is 1. The minimum atomic E-state index is -0.343. The van der Waals surface area contributed by atoms with Gasteiger partial charge >= 0.3 is 0 Å². The summed E-state index contributed by atoms with van der Waals surface area (Å²) in [5.41, 5.74) is 3.35. The normalized spacial score (nSPS) is 13.7. The van der Waals surface area contributed by atoms with Gasteiger partial charge in [-0.2, -0.15) is 0 Å². The van der Waals surface area contributed by atoms with Gasteiger partial charge in [0.05, 0.1) is 7.11 Å². The van der Waals surface area contributed by atoms with Crippen LogP contribution in [0.4, 0.5) is 11.4 Å². The van der Waals surface area contributed by atoms with Gasteiger partial charge in [-0.1, -0.05) is 23.7 Å². The highest BCUT2D eigenvalue weighted by molar-refractivity contribution is 7.80. The maximum Gasteiger partial charge on any atom is 0.257 e. The van der Waals surface area contributed by atoms with E-state index in [-0.39, 0.29) is 11.0 Å². The fourth-order valence-corrected chi connectivity index (χ4v) is 4.16. The van der Waals surface area contributed by atoms with E-state index in [9.17, 15) is 4.79 Å². The van der Waals surface area contributed by atoms with Gasteiger partial charge in [-0.3, -0.25) is 10.1 Å². The van der Waals surface area contributed by atoms with E-state index in [1.807, 2.05) is 36.4 Å². The van der Waals surface area contributed by atoms with Crippen LogP contribution in [0.2, 0.25) is 5.02 Å². The van der Waals surface area contributed by atoms with Crippen LogP contribution < -0.4 is 25.0 Å². The number of nitrogens with one attached hydrogen (secondary N) is 2. The highest BCUT2D eigenvalue weighted by Crippen LogP contribution is 2.29. The van der Waals surface area contributed by atoms with E-state index in [1.54, 1.807) is 18.2 Å². The fourth-order valence-electron chi connectivity index (χ4n) is 3.83. The Bertz CT molecular complexity index is 1200. The number of rotatable bonds is 7. The summed E-state index contributed by atoms with van der Waals surface area (Å²) in [4.78, 5) is 17.5.